The third-order valence-electron chi connectivity index (χ3n) is 3.43. The molecule has 1 heterocycles. The molecular weight excluding hydrogens is 333 g/mol. The average Bonchev–Trinajstić information content (AvgIpc) is 2.97. The molecule has 3 rings (SSSR count). The smallest absolute Gasteiger partial charge is 0.284 e. The average molecular weight is 347 g/mol. The van der Waals surface area contributed by atoms with Gasteiger partial charge in [0.2, 0.25) is 0 Å². The van der Waals surface area contributed by atoms with Crippen molar-refractivity contribution < 1.29 is 17.5 Å². The number of halogens is 1. The quantitative estimate of drug-likeness (QED) is 0.783. The molecule has 0 saturated carbocycles. The monoisotopic (exact) mass is 347 g/mol. The second kappa shape index (κ2) is 5.97. The van der Waals surface area contributed by atoms with Crippen LogP contribution in [0.1, 0.15) is 0 Å². The van der Waals surface area contributed by atoms with Crippen molar-refractivity contribution in [1.82, 2.24) is 9.19 Å². The fourth-order valence-corrected chi connectivity index (χ4v) is 3.47. The van der Waals surface area contributed by atoms with Gasteiger partial charge in [-0.3, -0.25) is 0 Å². The van der Waals surface area contributed by atoms with Crippen LogP contribution in [0.25, 0.3) is 11.3 Å². The van der Waals surface area contributed by atoms with Gasteiger partial charge >= 0.3 is 0 Å². The maximum Gasteiger partial charge on any atom is 0.284 e. The van der Waals surface area contributed by atoms with Gasteiger partial charge in [-0.05, 0) is 36.4 Å². The molecule has 0 fully saturated rings. The van der Waals surface area contributed by atoms with Gasteiger partial charge in [-0.1, -0.05) is 12.1 Å². The molecule has 0 radical (unpaired) electrons. The second-order valence-corrected chi connectivity index (χ2v) is 6.72. The van der Waals surface area contributed by atoms with Crippen LogP contribution in [0.3, 0.4) is 0 Å². The maximum absolute atomic E-state index is 13.0. The molecule has 0 aliphatic rings. The van der Waals surface area contributed by atoms with Gasteiger partial charge in [0, 0.05) is 11.6 Å². The van der Waals surface area contributed by atoms with Gasteiger partial charge in [-0.25, -0.2) is 4.39 Å². The van der Waals surface area contributed by atoms with Crippen molar-refractivity contribution >= 4 is 15.8 Å². The Hall–Kier alpha value is -2.87. The van der Waals surface area contributed by atoms with E-state index in [-0.39, 0.29) is 10.7 Å². The molecule has 8 heteroatoms. The van der Waals surface area contributed by atoms with Crippen molar-refractivity contribution in [2.45, 2.75) is 4.90 Å². The van der Waals surface area contributed by atoms with Crippen LogP contribution in [-0.4, -0.2) is 24.7 Å². The molecule has 3 aromatic rings. The molecule has 0 atom stereocenters. The summed E-state index contributed by atoms with van der Waals surface area (Å²) in [6.07, 6.45) is 0. The molecule has 0 saturated heterocycles. The lowest BCUT2D eigenvalue weighted by Crippen LogP contribution is -2.16. The standard InChI is InChI=1S/C16H14FN3O3S/c1-23-15-5-3-2-4-13(15)14-10-16(18)20(19-14)24(21,22)12-8-6-11(17)7-9-12/h2-10H,18H2,1H3. The number of nitrogen functional groups attached to an aromatic ring is 1. The molecule has 0 spiro atoms. The van der Waals surface area contributed by atoms with E-state index in [4.69, 9.17) is 10.5 Å². The first kappa shape index (κ1) is 16.0. The number of nitrogens with two attached hydrogens (primary N) is 1. The fraction of sp³-hybridized carbons (Fsp3) is 0.0625. The Labute approximate surface area is 138 Å². The molecule has 1 aromatic heterocycles. The number of ether oxygens (including phenoxy) is 1. The number of methoxy groups -OCH3 is 1. The summed E-state index contributed by atoms with van der Waals surface area (Å²) in [5.74, 6) is -0.0429. The van der Waals surface area contributed by atoms with Gasteiger partial charge in [-0.2, -0.15) is 13.5 Å². The lowest BCUT2D eigenvalue weighted by atomic mass is 10.1. The molecule has 0 aliphatic carbocycles. The van der Waals surface area contributed by atoms with Crippen molar-refractivity contribution in [3.05, 3.63) is 60.4 Å². The van der Waals surface area contributed by atoms with E-state index in [1.807, 2.05) is 0 Å². The topological polar surface area (TPSA) is 87.2 Å². The summed E-state index contributed by atoms with van der Waals surface area (Å²) in [5.41, 5.74) is 6.80. The van der Waals surface area contributed by atoms with Gasteiger partial charge in [0.05, 0.1) is 17.7 Å². The highest BCUT2D eigenvalue weighted by Gasteiger charge is 2.22. The summed E-state index contributed by atoms with van der Waals surface area (Å²) >= 11 is 0. The van der Waals surface area contributed by atoms with Crippen molar-refractivity contribution in [2.24, 2.45) is 0 Å². The summed E-state index contributed by atoms with van der Waals surface area (Å²) in [5, 5.41) is 4.09. The summed E-state index contributed by atoms with van der Waals surface area (Å²) in [4.78, 5) is -0.106. The van der Waals surface area contributed by atoms with Gasteiger partial charge in [0.25, 0.3) is 10.0 Å². The predicted molar refractivity (Wildman–Crippen MR) is 87.6 cm³/mol. The Balaban J connectivity index is 2.11. The third-order valence-corrected chi connectivity index (χ3v) is 5.04. The van der Waals surface area contributed by atoms with Crippen LogP contribution in [-0.2, 0) is 10.0 Å². The number of para-hydroxylation sites is 1. The van der Waals surface area contributed by atoms with Crippen LogP contribution in [0, 0.1) is 5.82 Å². The largest absolute Gasteiger partial charge is 0.496 e. The van der Waals surface area contributed by atoms with E-state index < -0.39 is 15.8 Å². The van der Waals surface area contributed by atoms with Gasteiger partial charge in [-0.15, -0.1) is 4.09 Å². The minimum atomic E-state index is -4.02. The lowest BCUT2D eigenvalue weighted by Gasteiger charge is -2.06. The van der Waals surface area contributed by atoms with Crippen molar-refractivity contribution in [3.63, 3.8) is 0 Å². The zero-order valence-electron chi connectivity index (χ0n) is 12.7. The molecule has 0 bridgehead atoms. The SMILES string of the molecule is COc1ccccc1-c1cc(N)n(S(=O)(=O)c2ccc(F)cc2)n1. The van der Waals surface area contributed by atoms with Crippen molar-refractivity contribution in [1.29, 1.82) is 0 Å². The number of benzene rings is 2. The number of aromatic nitrogens is 2. The van der Waals surface area contributed by atoms with Gasteiger partial charge in [0.15, 0.2) is 0 Å². The normalized spacial score (nSPS) is 11.4. The Morgan fingerprint density at radius 3 is 2.46 bits per heavy atom. The highest BCUT2D eigenvalue weighted by Crippen LogP contribution is 2.30. The van der Waals surface area contributed by atoms with E-state index in [0.29, 0.717) is 17.0 Å². The maximum atomic E-state index is 13.0. The summed E-state index contributed by atoms with van der Waals surface area (Å²) in [7, 11) is -2.51. The first-order valence-electron chi connectivity index (χ1n) is 6.93. The highest BCUT2D eigenvalue weighted by molar-refractivity contribution is 7.90. The Morgan fingerprint density at radius 2 is 1.79 bits per heavy atom. The fourth-order valence-electron chi connectivity index (χ4n) is 2.27. The van der Waals surface area contributed by atoms with E-state index in [0.717, 1.165) is 28.4 Å². The minimum Gasteiger partial charge on any atom is -0.496 e. The van der Waals surface area contributed by atoms with E-state index >= 15 is 0 Å². The van der Waals surface area contributed by atoms with Crippen LogP contribution >= 0.6 is 0 Å². The number of hydrogen-bond acceptors (Lipinski definition) is 5. The zero-order valence-corrected chi connectivity index (χ0v) is 13.5. The predicted octanol–water partition coefficient (Wildman–Crippen LogP) is 2.52. The van der Waals surface area contributed by atoms with Crippen LogP contribution in [0.2, 0.25) is 0 Å². The van der Waals surface area contributed by atoms with Crippen molar-refractivity contribution in [3.8, 4) is 17.0 Å². The van der Waals surface area contributed by atoms with Crippen molar-refractivity contribution in [2.75, 3.05) is 12.8 Å². The molecule has 2 N–H and O–H groups in total. The van der Waals surface area contributed by atoms with Crippen LogP contribution < -0.4 is 10.5 Å². The number of hydrogen-bond donors (Lipinski definition) is 1. The van der Waals surface area contributed by atoms with E-state index in [1.165, 1.54) is 13.2 Å². The lowest BCUT2D eigenvalue weighted by molar-refractivity contribution is 0.416. The molecule has 6 nitrogen and oxygen atoms in total. The molecule has 0 amide bonds. The highest BCUT2D eigenvalue weighted by atomic mass is 32.2. The zero-order chi connectivity index (χ0) is 17.3. The Morgan fingerprint density at radius 1 is 1.12 bits per heavy atom. The van der Waals surface area contributed by atoms with Crippen LogP contribution in [0.5, 0.6) is 5.75 Å². The molecule has 24 heavy (non-hydrogen) atoms. The third kappa shape index (κ3) is 2.71. The number of anilines is 1. The molecule has 124 valence electrons. The van der Waals surface area contributed by atoms with E-state index in [9.17, 15) is 12.8 Å². The summed E-state index contributed by atoms with van der Waals surface area (Å²) in [6, 6.07) is 12.9. The second-order valence-electron chi connectivity index (χ2n) is 4.96. The van der Waals surface area contributed by atoms with Crippen LogP contribution in [0.15, 0.2) is 59.5 Å². The summed E-state index contributed by atoms with van der Waals surface area (Å²) < 4.78 is 44.2. The van der Waals surface area contributed by atoms with Gasteiger partial charge in [0.1, 0.15) is 17.4 Å². The van der Waals surface area contributed by atoms with E-state index in [1.54, 1.807) is 24.3 Å². The van der Waals surface area contributed by atoms with E-state index in [2.05, 4.69) is 5.10 Å². The Kier molecular flexibility index (Phi) is 3.98. The van der Waals surface area contributed by atoms with Gasteiger partial charge < -0.3 is 10.5 Å². The summed E-state index contributed by atoms with van der Waals surface area (Å²) in [6.45, 7) is 0. The molecule has 2 aromatic carbocycles. The molecule has 0 unspecified atom stereocenters. The number of nitrogens with zero attached hydrogens (tertiary/aromatic N) is 2. The first-order valence-corrected chi connectivity index (χ1v) is 8.37. The van der Waals surface area contributed by atoms with Crippen LogP contribution in [0.4, 0.5) is 10.2 Å². The molecule has 0 aliphatic heterocycles. The Bertz CT molecular complexity index is 982. The molecular formula is C16H14FN3O3S. The minimum absolute atomic E-state index is 0.0553. The number of rotatable bonds is 4. The first-order chi connectivity index (χ1) is 11.4.